The third-order valence-electron chi connectivity index (χ3n) is 20.4. The van der Waals surface area contributed by atoms with Crippen LogP contribution in [0.15, 0.2) is 41.0 Å². The van der Waals surface area contributed by atoms with Crippen molar-refractivity contribution in [2.75, 3.05) is 0 Å². The second kappa shape index (κ2) is 13.9. The molecule has 0 heterocycles. The summed E-state index contributed by atoms with van der Waals surface area (Å²) in [6, 6.07) is 1.81. The highest BCUT2D eigenvalue weighted by molar-refractivity contribution is 5.93. The van der Waals surface area contributed by atoms with Crippen molar-refractivity contribution in [3.63, 3.8) is 0 Å². The lowest BCUT2D eigenvalue weighted by molar-refractivity contribution is -0.185. The van der Waals surface area contributed by atoms with Crippen LogP contribution in [0.5, 0.6) is 11.5 Å². The van der Waals surface area contributed by atoms with Crippen LogP contribution in [0, 0.1) is 63.1 Å². The van der Waals surface area contributed by atoms with Crippen LogP contribution in [0.3, 0.4) is 0 Å². The minimum Gasteiger partial charge on any atom is -0.504 e. The van der Waals surface area contributed by atoms with Gasteiger partial charge in [0.05, 0.1) is 5.41 Å². The molecule has 1 aromatic carbocycles. The van der Waals surface area contributed by atoms with Gasteiger partial charge in [0, 0.05) is 24.2 Å². The van der Waals surface area contributed by atoms with Crippen LogP contribution in [0.4, 0.5) is 0 Å². The summed E-state index contributed by atoms with van der Waals surface area (Å²) >= 11 is 0. The molecule has 0 aliphatic heterocycles. The molecule has 5 saturated carbocycles. The number of Topliss-reactive ketones (excluding diaryl/α,β-unsaturated/α-hetero) is 1. The SMILES string of the molecule is CC(=O)OC1(C(C)=O)CCC2C3C=C(C)C4=CC(=O)CCC4(C)C3CCC21C.Cc1c(O)c(O)cc2c1CC=C1C2(C)CCC2(C)C3CC(C)(C(=O)O)CCC3(C)CCC12C. The molecule has 0 amide bonds. The fourth-order valence-corrected chi connectivity index (χ4v) is 16.4. The summed E-state index contributed by atoms with van der Waals surface area (Å²) in [7, 11) is 0. The number of phenolic OH excluding ortho intramolecular Hbond substituents is 2. The molecule has 0 spiro atoms. The number of hydrogen-bond donors (Lipinski definition) is 3. The molecule has 8 nitrogen and oxygen atoms in total. The molecule has 12 atom stereocenters. The molecular formula is C53H72O8. The number of hydrogen-bond acceptors (Lipinski definition) is 7. The van der Waals surface area contributed by atoms with Gasteiger partial charge in [-0.15, -0.1) is 0 Å². The van der Waals surface area contributed by atoms with Crippen molar-refractivity contribution in [2.45, 2.75) is 177 Å². The first-order valence-corrected chi connectivity index (χ1v) is 23.4. The molecule has 8 aliphatic carbocycles. The first-order chi connectivity index (χ1) is 28.3. The summed E-state index contributed by atoms with van der Waals surface area (Å²) in [5.74, 6) is 0.747. The monoisotopic (exact) mass is 837 g/mol. The Kier molecular flexibility index (Phi) is 10.0. The molecule has 0 bridgehead atoms. The zero-order valence-electron chi connectivity index (χ0n) is 38.9. The average Bonchev–Trinajstić information content (AvgIpc) is 3.49. The molecule has 1 aromatic rings. The Morgan fingerprint density at radius 1 is 0.803 bits per heavy atom. The fourth-order valence-electron chi connectivity index (χ4n) is 16.4. The number of carbonyl (C=O) groups is 4. The lowest BCUT2D eigenvalue weighted by atomic mass is 9.34. The molecule has 9 rings (SSSR count). The van der Waals surface area contributed by atoms with E-state index in [1.54, 1.807) is 6.92 Å². The number of carbonyl (C=O) groups excluding carboxylic acids is 3. The number of benzene rings is 1. The summed E-state index contributed by atoms with van der Waals surface area (Å²) < 4.78 is 5.82. The second-order valence-corrected chi connectivity index (χ2v) is 23.1. The van der Waals surface area contributed by atoms with Gasteiger partial charge in [0.1, 0.15) is 0 Å². The third kappa shape index (κ3) is 5.87. The maximum Gasteiger partial charge on any atom is 0.309 e. The zero-order valence-corrected chi connectivity index (χ0v) is 38.9. The Morgan fingerprint density at radius 3 is 2.13 bits per heavy atom. The lowest BCUT2D eigenvalue weighted by Gasteiger charge is -2.69. The van der Waals surface area contributed by atoms with Crippen LogP contribution in [0.25, 0.3) is 0 Å². The highest BCUT2D eigenvalue weighted by Gasteiger charge is 2.69. The summed E-state index contributed by atoms with van der Waals surface area (Å²) in [6.45, 7) is 23.2. The summed E-state index contributed by atoms with van der Waals surface area (Å²) in [4.78, 5) is 49.0. The molecule has 8 heteroatoms. The molecule has 3 N–H and O–H groups in total. The molecule has 0 saturated heterocycles. The molecule has 61 heavy (non-hydrogen) atoms. The van der Waals surface area contributed by atoms with Gasteiger partial charge in [-0.05, 0) is 191 Å². The van der Waals surface area contributed by atoms with Crippen LogP contribution >= 0.6 is 0 Å². The zero-order chi connectivity index (χ0) is 44.7. The molecule has 0 aromatic heterocycles. The number of fused-ring (bicyclic) bond motifs is 12. The fraction of sp³-hybridized carbons (Fsp3) is 0.698. The Bertz CT molecular complexity index is 2210. The van der Waals surface area contributed by atoms with E-state index in [1.807, 2.05) is 26.0 Å². The number of aliphatic carboxylic acids is 1. The van der Waals surface area contributed by atoms with Crippen LogP contribution in [0.1, 0.15) is 169 Å². The number of rotatable bonds is 3. The average molecular weight is 837 g/mol. The maximum absolute atomic E-state index is 12.8. The normalized spacial score (nSPS) is 44.3. The van der Waals surface area contributed by atoms with Crippen molar-refractivity contribution in [2.24, 2.45) is 56.2 Å². The highest BCUT2D eigenvalue weighted by atomic mass is 16.6. The van der Waals surface area contributed by atoms with Crippen molar-refractivity contribution in [1.82, 2.24) is 0 Å². The summed E-state index contributed by atoms with van der Waals surface area (Å²) in [5.41, 5.74) is 5.16. The quantitative estimate of drug-likeness (QED) is 0.155. The Morgan fingerprint density at radius 2 is 1.48 bits per heavy atom. The van der Waals surface area contributed by atoms with Gasteiger partial charge in [-0.3, -0.25) is 19.2 Å². The van der Waals surface area contributed by atoms with E-state index >= 15 is 0 Å². The van der Waals surface area contributed by atoms with Gasteiger partial charge in [0.15, 0.2) is 28.7 Å². The van der Waals surface area contributed by atoms with Gasteiger partial charge in [-0.25, -0.2) is 0 Å². The van der Waals surface area contributed by atoms with Crippen molar-refractivity contribution in [3.8, 4) is 11.5 Å². The van der Waals surface area contributed by atoms with Gasteiger partial charge in [-0.2, -0.15) is 0 Å². The summed E-state index contributed by atoms with van der Waals surface area (Å²) in [5, 5.41) is 30.9. The van der Waals surface area contributed by atoms with E-state index < -0.39 is 17.0 Å². The van der Waals surface area contributed by atoms with Gasteiger partial charge >= 0.3 is 11.9 Å². The molecular weight excluding hydrogens is 765 g/mol. The number of allylic oxidation sites excluding steroid dienone is 6. The third-order valence-corrected chi connectivity index (χ3v) is 20.4. The van der Waals surface area contributed by atoms with Crippen LogP contribution < -0.4 is 0 Å². The van der Waals surface area contributed by atoms with E-state index in [0.29, 0.717) is 36.5 Å². The number of ether oxygens (including phenoxy) is 1. The molecule has 0 radical (unpaired) electrons. The van der Waals surface area contributed by atoms with Gasteiger partial charge in [0.2, 0.25) is 0 Å². The van der Waals surface area contributed by atoms with E-state index in [-0.39, 0.29) is 61.5 Å². The second-order valence-electron chi connectivity index (χ2n) is 23.1. The standard InChI is InChI=1S/C29H40O4.C24H32O4/c1-17-18-7-8-21-27(4,19(18)15-20(30)23(17)31)12-14-29(6)22-16-26(3,24(32)33)10-9-25(22,2)11-13-28(21,29)5;1-14-12-18-19(22(4)9-6-17(27)13-21(14)22)7-10-23(5)20(18)8-11-24(23,15(2)25)28-16(3)26/h8,15,22,30-31H,7,9-14,16H2,1-6H3,(H,32,33);12-13,18-20H,6-11H2,1-5H3. The van der Waals surface area contributed by atoms with Crippen molar-refractivity contribution >= 4 is 23.5 Å². The van der Waals surface area contributed by atoms with E-state index in [2.05, 4.69) is 60.6 Å². The predicted octanol–water partition coefficient (Wildman–Crippen LogP) is 11.2. The largest absolute Gasteiger partial charge is 0.504 e. The number of aromatic hydroxyl groups is 2. The minimum absolute atomic E-state index is 0.00431. The number of ketones is 2. The Hall–Kier alpha value is -3.68. The Labute approximate surface area is 364 Å². The smallest absolute Gasteiger partial charge is 0.309 e. The van der Waals surface area contributed by atoms with E-state index in [1.165, 1.54) is 29.2 Å². The lowest BCUT2D eigenvalue weighted by Crippen LogP contribution is -2.62. The molecule has 5 fully saturated rings. The van der Waals surface area contributed by atoms with E-state index in [0.717, 1.165) is 88.2 Å². The number of carboxylic acid groups (broad SMARTS) is 1. The van der Waals surface area contributed by atoms with Gasteiger partial charge < -0.3 is 20.1 Å². The maximum atomic E-state index is 12.8. The van der Waals surface area contributed by atoms with Crippen molar-refractivity contribution in [3.05, 3.63) is 57.7 Å². The number of carboxylic acids is 1. The van der Waals surface area contributed by atoms with Crippen molar-refractivity contribution < 1.29 is 39.2 Å². The predicted molar refractivity (Wildman–Crippen MR) is 236 cm³/mol. The Balaban J connectivity index is 0.000000171. The minimum atomic E-state index is -0.990. The first-order valence-electron chi connectivity index (χ1n) is 23.4. The number of phenols is 2. The van der Waals surface area contributed by atoms with Crippen molar-refractivity contribution in [1.29, 1.82) is 0 Å². The molecule has 12 unspecified atom stereocenters. The van der Waals surface area contributed by atoms with Gasteiger partial charge in [0.25, 0.3) is 0 Å². The van der Waals surface area contributed by atoms with Crippen LogP contribution in [-0.4, -0.2) is 44.4 Å². The van der Waals surface area contributed by atoms with E-state index in [4.69, 9.17) is 4.74 Å². The number of esters is 1. The molecule has 8 aliphatic rings. The van der Waals surface area contributed by atoms with E-state index in [9.17, 15) is 34.5 Å². The van der Waals surface area contributed by atoms with Gasteiger partial charge in [-0.1, -0.05) is 64.8 Å². The van der Waals surface area contributed by atoms with Crippen LogP contribution in [-0.2, 0) is 35.8 Å². The molecule has 332 valence electrons. The summed E-state index contributed by atoms with van der Waals surface area (Å²) in [6.07, 6.45) is 19.2. The highest BCUT2D eigenvalue weighted by Crippen LogP contribution is 2.75. The first kappa shape index (κ1) is 43.9. The van der Waals surface area contributed by atoms with Crippen LogP contribution in [0.2, 0.25) is 0 Å². The topological polar surface area (TPSA) is 138 Å².